The number of carbonyl (C=O) groups excluding carboxylic acids is 1. The summed E-state index contributed by atoms with van der Waals surface area (Å²) in [4.78, 5) is 12.5. The minimum atomic E-state index is -0.866. The zero-order valence-corrected chi connectivity index (χ0v) is 14.6. The predicted molar refractivity (Wildman–Crippen MR) is 90.2 cm³/mol. The summed E-state index contributed by atoms with van der Waals surface area (Å²) in [5.41, 5.74) is 2.15. The molecular formula is C19H20O6. The van der Waals surface area contributed by atoms with Gasteiger partial charge in [-0.3, -0.25) is 0 Å². The maximum Gasteiger partial charge on any atom is 0.341 e. The molecule has 1 aliphatic rings. The van der Waals surface area contributed by atoms with E-state index in [1.54, 1.807) is 33.5 Å². The van der Waals surface area contributed by atoms with Crippen LogP contribution in [-0.2, 0) is 14.3 Å². The van der Waals surface area contributed by atoms with E-state index in [4.69, 9.17) is 23.7 Å². The molecule has 2 aromatic rings. The quantitative estimate of drug-likeness (QED) is 0.777. The molecule has 0 amide bonds. The third-order valence-electron chi connectivity index (χ3n) is 4.27. The van der Waals surface area contributed by atoms with E-state index in [0.29, 0.717) is 17.1 Å². The van der Waals surface area contributed by atoms with Crippen molar-refractivity contribution >= 4 is 5.97 Å². The predicted octanol–water partition coefficient (Wildman–Crippen LogP) is 3.05. The van der Waals surface area contributed by atoms with Crippen LogP contribution in [0.3, 0.4) is 0 Å². The number of ether oxygens (including phenoxy) is 5. The van der Waals surface area contributed by atoms with E-state index in [1.165, 1.54) is 7.11 Å². The lowest BCUT2D eigenvalue weighted by molar-refractivity contribution is -0.163. The molecule has 0 aromatic heterocycles. The van der Waals surface area contributed by atoms with Crippen LogP contribution in [0.2, 0.25) is 0 Å². The Kier molecular flexibility index (Phi) is 4.81. The van der Waals surface area contributed by atoms with Crippen molar-refractivity contribution in [3.63, 3.8) is 0 Å². The normalized spacial score (nSPS) is 19.0. The lowest BCUT2D eigenvalue weighted by atomic mass is 9.89. The minimum Gasteiger partial charge on any atom is -0.497 e. The second kappa shape index (κ2) is 7.03. The van der Waals surface area contributed by atoms with Crippen molar-refractivity contribution in [1.82, 2.24) is 0 Å². The van der Waals surface area contributed by atoms with Crippen molar-refractivity contribution in [2.45, 2.75) is 12.2 Å². The molecule has 0 spiro atoms. The number of esters is 1. The first kappa shape index (κ1) is 17.1. The van der Waals surface area contributed by atoms with Crippen LogP contribution in [0.4, 0.5) is 0 Å². The molecule has 2 atom stereocenters. The zero-order chi connectivity index (χ0) is 18.0. The van der Waals surface area contributed by atoms with Crippen LogP contribution in [-0.4, -0.2) is 34.4 Å². The maximum atomic E-state index is 12.5. The third kappa shape index (κ3) is 2.89. The molecule has 132 valence electrons. The number of rotatable bonds is 5. The first-order chi connectivity index (χ1) is 12.1. The van der Waals surface area contributed by atoms with Gasteiger partial charge in [-0.25, -0.2) is 4.79 Å². The van der Waals surface area contributed by atoms with E-state index in [1.807, 2.05) is 24.3 Å². The summed E-state index contributed by atoms with van der Waals surface area (Å²) in [5, 5.41) is 0. The van der Waals surface area contributed by atoms with Crippen molar-refractivity contribution in [3.05, 3.63) is 53.1 Å². The number of hydrogen-bond donors (Lipinski definition) is 0. The van der Waals surface area contributed by atoms with Gasteiger partial charge >= 0.3 is 5.97 Å². The highest BCUT2D eigenvalue weighted by Gasteiger charge is 2.40. The molecule has 0 fully saturated rings. The van der Waals surface area contributed by atoms with Crippen LogP contribution in [0.1, 0.15) is 28.9 Å². The highest BCUT2D eigenvalue weighted by atomic mass is 16.6. The fourth-order valence-corrected chi connectivity index (χ4v) is 3.08. The van der Waals surface area contributed by atoms with Gasteiger partial charge in [-0.15, -0.1) is 0 Å². The van der Waals surface area contributed by atoms with Gasteiger partial charge in [0.2, 0.25) is 0 Å². The second-order valence-electron chi connectivity index (χ2n) is 5.50. The molecule has 6 heteroatoms. The van der Waals surface area contributed by atoms with Crippen molar-refractivity contribution in [3.8, 4) is 17.2 Å². The van der Waals surface area contributed by atoms with Crippen LogP contribution >= 0.6 is 0 Å². The molecular weight excluding hydrogens is 324 g/mol. The highest BCUT2D eigenvalue weighted by molar-refractivity contribution is 5.82. The molecule has 25 heavy (non-hydrogen) atoms. The number of benzene rings is 2. The Morgan fingerprint density at radius 3 is 1.92 bits per heavy atom. The summed E-state index contributed by atoms with van der Waals surface area (Å²) in [6, 6.07) is 10.9. The van der Waals surface area contributed by atoms with Crippen LogP contribution in [0, 0.1) is 0 Å². The summed E-state index contributed by atoms with van der Waals surface area (Å²) in [6.45, 7) is 0. The van der Waals surface area contributed by atoms with Crippen LogP contribution in [0.5, 0.6) is 17.2 Å². The minimum absolute atomic E-state index is 0.470. The molecule has 0 aliphatic carbocycles. The molecule has 0 radical (unpaired) electrons. The largest absolute Gasteiger partial charge is 0.497 e. The molecule has 1 aliphatic heterocycles. The summed E-state index contributed by atoms with van der Waals surface area (Å²) < 4.78 is 27.2. The van der Waals surface area contributed by atoms with Crippen molar-refractivity contribution in [2.75, 3.05) is 28.4 Å². The van der Waals surface area contributed by atoms with Gasteiger partial charge in [0.05, 0.1) is 21.3 Å². The summed E-state index contributed by atoms with van der Waals surface area (Å²) in [5.74, 6) is 1.41. The third-order valence-corrected chi connectivity index (χ3v) is 4.27. The van der Waals surface area contributed by atoms with E-state index in [9.17, 15) is 4.79 Å². The van der Waals surface area contributed by atoms with Gasteiger partial charge in [-0.05, 0) is 29.8 Å². The fourth-order valence-electron chi connectivity index (χ4n) is 3.08. The Labute approximate surface area is 146 Å². The molecule has 3 rings (SSSR count). The van der Waals surface area contributed by atoms with Gasteiger partial charge in [0.15, 0.2) is 12.2 Å². The van der Waals surface area contributed by atoms with E-state index in [0.717, 1.165) is 16.9 Å². The molecule has 2 aromatic carbocycles. The topological polar surface area (TPSA) is 63.2 Å². The molecule has 0 saturated carbocycles. The smallest absolute Gasteiger partial charge is 0.341 e. The highest BCUT2D eigenvalue weighted by Crippen LogP contribution is 2.47. The zero-order valence-electron chi connectivity index (χ0n) is 14.6. The Morgan fingerprint density at radius 1 is 0.800 bits per heavy atom. The summed E-state index contributed by atoms with van der Waals surface area (Å²) >= 11 is 0. The molecule has 6 nitrogen and oxygen atoms in total. The van der Waals surface area contributed by atoms with Gasteiger partial charge in [0, 0.05) is 18.2 Å². The molecule has 2 unspecified atom stereocenters. The van der Waals surface area contributed by atoms with Crippen molar-refractivity contribution in [2.24, 2.45) is 0 Å². The van der Waals surface area contributed by atoms with Gasteiger partial charge in [0.25, 0.3) is 0 Å². The Morgan fingerprint density at radius 2 is 1.40 bits per heavy atom. The van der Waals surface area contributed by atoms with E-state index >= 15 is 0 Å². The van der Waals surface area contributed by atoms with Gasteiger partial charge < -0.3 is 23.7 Å². The van der Waals surface area contributed by atoms with Crippen LogP contribution in [0.25, 0.3) is 0 Å². The average molecular weight is 344 g/mol. The standard InChI is InChI=1S/C19H20O6/c1-21-12-7-5-11(6-8-12)17-15-13(22-2)9-10-14(23-3)16(15)18(24-4)19(20)25-17/h5-10,17-18H,1-4H3. The number of methoxy groups -OCH3 is 4. The van der Waals surface area contributed by atoms with Crippen molar-refractivity contribution < 1.29 is 28.5 Å². The Balaban J connectivity index is 2.21. The lowest BCUT2D eigenvalue weighted by Crippen LogP contribution is -2.29. The average Bonchev–Trinajstić information content (AvgIpc) is 2.66. The maximum absolute atomic E-state index is 12.5. The molecule has 0 saturated heterocycles. The Bertz CT molecular complexity index is 768. The fraction of sp³-hybridized carbons (Fsp3) is 0.316. The summed E-state index contributed by atoms with van der Waals surface area (Å²) in [6.07, 6.45) is -1.49. The first-order valence-corrected chi connectivity index (χ1v) is 7.76. The SMILES string of the molecule is COc1ccc(C2OC(=O)C(OC)c3c(OC)ccc(OC)c32)cc1. The monoisotopic (exact) mass is 344 g/mol. The lowest BCUT2D eigenvalue weighted by Gasteiger charge is -2.32. The van der Waals surface area contributed by atoms with E-state index in [-0.39, 0.29) is 0 Å². The molecule has 1 heterocycles. The summed E-state index contributed by atoms with van der Waals surface area (Å²) in [7, 11) is 6.19. The number of hydrogen-bond acceptors (Lipinski definition) is 6. The van der Waals surface area contributed by atoms with Crippen molar-refractivity contribution in [1.29, 1.82) is 0 Å². The Hall–Kier alpha value is -2.73. The number of fused-ring (bicyclic) bond motifs is 1. The molecule has 0 bridgehead atoms. The van der Waals surface area contributed by atoms with Crippen LogP contribution in [0.15, 0.2) is 36.4 Å². The van der Waals surface area contributed by atoms with Gasteiger partial charge in [0.1, 0.15) is 17.2 Å². The van der Waals surface area contributed by atoms with E-state index in [2.05, 4.69) is 0 Å². The van der Waals surface area contributed by atoms with Gasteiger partial charge in [-0.2, -0.15) is 0 Å². The second-order valence-corrected chi connectivity index (χ2v) is 5.50. The van der Waals surface area contributed by atoms with Crippen LogP contribution < -0.4 is 14.2 Å². The van der Waals surface area contributed by atoms with Gasteiger partial charge in [-0.1, -0.05) is 12.1 Å². The number of cyclic esters (lactones) is 1. The molecule has 0 N–H and O–H groups in total. The number of carbonyl (C=O) groups is 1. The van der Waals surface area contributed by atoms with E-state index < -0.39 is 18.2 Å². The first-order valence-electron chi connectivity index (χ1n) is 7.76.